The fourth-order valence-electron chi connectivity index (χ4n) is 4.54. The number of thiophene rings is 1. The van der Waals surface area contributed by atoms with Crippen molar-refractivity contribution in [2.24, 2.45) is 17.3 Å². The number of carbonyl (C=O) groups is 1. The molecule has 1 aromatic rings. The maximum Gasteiger partial charge on any atom is 0.230 e. The van der Waals surface area contributed by atoms with E-state index in [1.807, 2.05) is 0 Å². The van der Waals surface area contributed by atoms with Gasteiger partial charge in [-0.3, -0.25) is 4.79 Å². The number of carbonyl (C=O) groups excluding carboxylic acids is 1. The standard InChI is InChI=1S/C25H37NO2S/c1-17-6-8-19(9-7-17)24(28)26(20-10-12-21(27)13-11-20)23-16-22(29-18(23)2)14-15-25(3,4)5/h16-17,19-21,27H,6-13H2,1-5H3. The van der Waals surface area contributed by atoms with E-state index in [9.17, 15) is 9.90 Å². The van der Waals surface area contributed by atoms with Crippen LogP contribution in [0.2, 0.25) is 0 Å². The van der Waals surface area contributed by atoms with Gasteiger partial charge in [-0.2, -0.15) is 0 Å². The molecule has 0 atom stereocenters. The average Bonchev–Trinajstić information content (AvgIpc) is 3.02. The number of hydrogen-bond donors (Lipinski definition) is 1. The van der Waals surface area contributed by atoms with Crippen LogP contribution in [0.5, 0.6) is 0 Å². The normalized spacial score (nSPS) is 27.8. The zero-order valence-corrected chi connectivity index (χ0v) is 19.6. The molecule has 0 bridgehead atoms. The lowest BCUT2D eigenvalue weighted by Crippen LogP contribution is -2.46. The van der Waals surface area contributed by atoms with Gasteiger partial charge in [0.05, 0.1) is 16.7 Å². The second-order valence-corrected chi connectivity index (χ2v) is 11.4. The fraction of sp³-hybridized carbons (Fsp3) is 0.720. The lowest BCUT2D eigenvalue weighted by molar-refractivity contribution is -0.124. The van der Waals surface area contributed by atoms with Crippen LogP contribution in [0.3, 0.4) is 0 Å². The van der Waals surface area contributed by atoms with Crippen LogP contribution in [0.1, 0.15) is 88.8 Å². The highest BCUT2D eigenvalue weighted by atomic mass is 32.1. The van der Waals surface area contributed by atoms with Crippen molar-refractivity contribution >= 4 is 22.9 Å². The highest BCUT2D eigenvalue weighted by Gasteiger charge is 2.35. The Labute approximate surface area is 180 Å². The van der Waals surface area contributed by atoms with Crippen LogP contribution >= 0.6 is 11.3 Å². The summed E-state index contributed by atoms with van der Waals surface area (Å²) in [6.45, 7) is 10.8. The third-order valence-electron chi connectivity index (χ3n) is 6.35. The first-order valence-electron chi connectivity index (χ1n) is 11.3. The molecule has 0 radical (unpaired) electrons. The number of aliphatic hydroxyl groups is 1. The molecule has 160 valence electrons. The van der Waals surface area contributed by atoms with Crippen LogP contribution < -0.4 is 4.90 Å². The lowest BCUT2D eigenvalue weighted by Gasteiger charge is -2.39. The van der Waals surface area contributed by atoms with Crippen LogP contribution in [-0.4, -0.2) is 23.2 Å². The van der Waals surface area contributed by atoms with Gasteiger partial charge in [0.25, 0.3) is 0 Å². The molecule has 1 heterocycles. The highest BCUT2D eigenvalue weighted by Crippen LogP contribution is 2.38. The minimum Gasteiger partial charge on any atom is -0.393 e. The van der Waals surface area contributed by atoms with Crippen LogP contribution in [0.4, 0.5) is 5.69 Å². The zero-order valence-electron chi connectivity index (χ0n) is 18.8. The fourth-order valence-corrected chi connectivity index (χ4v) is 5.40. The van der Waals surface area contributed by atoms with E-state index in [0.29, 0.717) is 5.91 Å². The number of nitrogens with zero attached hydrogens (tertiary/aromatic N) is 1. The zero-order chi connectivity index (χ0) is 21.2. The van der Waals surface area contributed by atoms with E-state index in [2.05, 4.69) is 57.4 Å². The van der Waals surface area contributed by atoms with E-state index < -0.39 is 0 Å². The topological polar surface area (TPSA) is 40.5 Å². The maximum absolute atomic E-state index is 13.7. The molecule has 0 aliphatic heterocycles. The van der Waals surface area contributed by atoms with Gasteiger partial charge < -0.3 is 10.0 Å². The largest absolute Gasteiger partial charge is 0.393 e. The molecule has 1 aromatic heterocycles. The molecule has 3 nitrogen and oxygen atoms in total. The van der Waals surface area contributed by atoms with Crippen molar-refractivity contribution in [1.82, 2.24) is 0 Å². The van der Waals surface area contributed by atoms with Crippen LogP contribution in [0.15, 0.2) is 6.07 Å². The molecule has 0 saturated heterocycles. The average molecular weight is 416 g/mol. The first-order valence-corrected chi connectivity index (χ1v) is 12.1. The summed E-state index contributed by atoms with van der Waals surface area (Å²) < 4.78 is 0. The predicted molar refractivity (Wildman–Crippen MR) is 122 cm³/mol. The summed E-state index contributed by atoms with van der Waals surface area (Å²) >= 11 is 1.70. The molecule has 0 spiro atoms. The van der Waals surface area contributed by atoms with Crippen LogP contribution in [0, 0.1) is 36.0 Å². The van der Waals surface area contributed by atoms with E-state index >= 15 is 0 Å². The highest BCUT2D eigenvalue weighted by molar-refractivity contribution is 7.13. The number of aryl methyl sites for hydroxylation is 1. The van der Waals surface area contributed by atoms with E-state index in [0.717, 1.165) is 67.8 Å². The number of amides is 1. The smallest absolute Gasteiger partial charge is 0.230 e. The molecule has 1 N–H and O–H groups in total. The van der Waals surface area contributed by atoms with Gasteiger partial charge in [-0.1, -0.05) is 18.8 Å². The Hall–Kier alpha value is -1.31. The Morgan fingerprint density at radius 2 is 1.72 bits per heavy atom. The molecule has 0 unspecified atom stereocenters. The summed E-state index contributed by atoms with van der Waals surface area (Å²) in [4.78, 5) is 18.0. The van der Waals surface area contributed by atoms with Crippen molar-refractivity contribution in [3.8, 4) is 11.8 Å². The lowest BCUT2D eigenvalue weighted by atomic mass is 9.81. The Morgan fingerprint density at radius 1 is 1.10 bits per heavy atom. The summed E-state index contributed by atoms with van der Waals surface area (Å²) in [6.07, 6.45) is 7.44. The van der Waals surface area contributed by atoms with Gasteiger partial charge in [0.2, 0.25) is 5.91 Å². The van der Waals surface area contributed by atoms with Crippen molar-refractivity contribution in [2.75, 3.05) is 4.90 Å². The Morgan fingerprint density at radius 3 is 2.31 bits per heavy atom. The van der Waals surface area contributed by atoms with E-state index in [1.54, 1.807) is 11.3 Å². The quantitative estimate of drug-likeness (QED) is 0.623. The van der Waals surface area contributed by atoms with Crippen LogP contribution in [-0.2, 0) is 4.79 Å². The third-order valence-corrected chi connectivity index (χ3v) is 7.30. The third kappa shape index (κ3) is 5.86. The minimum absolute atomic E-state index is 0.0358. The van der Waals surface area contributed by atoms with Gasteiger partial charge in [-0.05, 0) is 91.0 Å². The molecule has 3 rings (SSSR count). The monoisotopic (exact) mass is 415 g/mol. The van der Waals surface area contributed by atoms with Gasteiger partial charge in [0.15, 0.2) is 0 Å². The Kier molecular flexibility index (Phi) is 7.12. The Balaban J connectivity index is 1.89. The Bertz CT molecular complexity index is 763. The van der Waals surface area contributed by atoms with E-state index in [-0.39, 0.29) is 23.5 Å². The summed E-state index contributed by atoms with van der Waals surface area (Å²) in [6, 6.07) is 2.33. The van der Waals surface area contributed by atoms with Crippen molar-refractivity contribution in [1.29, 1.82) is 0 Å². The van der Waals surface area contributed by atoms with Crippen molar-refractivity contribution in [2.45, 2.75) is 98.1 Å². The van der Waals surface area contributed by atoms with E-state index in [4.69, 9.17) is 0 Å². The molecule has 2 aliphatic rings. The second kappa shape index (κ2) is 9.23. The molecule has 0 aromatic carbocycles. The number of anilines is 1. The first-order chi connectivity index (χ1) is 13.6. The van der Waals surface area contributed by atoms with E-state index in [1.165, 1.54) is 4.88 Å². The van der Waals surface area contributed by atoms with Crippen molar-refractivity contribution in [3.63, 3.8) is 0 Å². The van der Waals surface area contributed by atoms with Crippen molar-refractivity contribution in [3.05, 3.63) is 15.8 Å². The molecule has 2 fully saturated rings. The summed E-state index contributed by atoms with van der Waals surface area (Å²) in [7, 11) is 0. The van der Waals surface area contributed by atoms with Gasteiger partial charge in [0.1, 0.15) is 0 Å². The number of hydrogen-bond acceptors (Lipinski definition) is 3. The summed E-state index contributed by atoms with van der Waals surface area (Å²) in [5.74, 6) is 7.83. The minimum atomic E-state index is -0.212. The van der Waals surface area contributed by atoms with Crippen molar-refractivity contribution < 1.29 is 9.90 Å². The first kappa shape index (κ1) is 22.4. The molecule has 2 aliphatic carbocycles. The van der Waals surface area contributed by atoms with Gasteiger partial charge in [0, 0.05) is 22.3 Å². The molecule has 1 amide bonds. The van der Waals surface area contributed by atoms with Crippen LogP contribution in [0.25, 0.3) is 0 Å². The molecule has 4 heteroatoms. The number of rotatable bonds is 3. The predicted octanol–water partition coefficient (Wildman–Crippen LogP) is 5.92. The second-order valence-electron chi connectivity index (χ2n) is 10.2. The number of aliphatic hydroxyl groups excluding tert-OH is 1. The SMILES string of the molecule is Cc1sc(C#CC(C)(C)C)cc1N(C(=O)C1CCC(C)CC1)C1CCC(O)CC1. The molecule has 29 heavy (non-hydrogen) atoms. The van der Waals surface area contributed by atoms with Gasteiger partial charge in [-0.25, -0.2) is 0 Å². The summed E-state index contributed by atoms with van der Waals surface area (Å²) in [5.41, 5.74) is 1.02. The summed E-state index contributed by atoms with van der Waals surface area (Å²) in [5, 5.41) is 9.98. The molecule has 2 saturated carbocycles. The maximum atomic E-state index is 13.7. The van der Waals surface area contributed by atoms with Gasteiger partial charge >= 0.3 is 0 Å². The molecular weight excluding hydrogens is 378 g/mol. The molecular formula is C25H37NO2S. The van der Waals surface area contributed by atoms with Gasteiger partial charge in [-0.15, -0.1) is 11.3 Å².